The molecule has 0 N–H and O–H groups in total. The van der Waals surface area contributed by atoms with Gasteiger partial charge in [-0.05, 0) is 36.2 Å². The van der Waals surface area contributed by atoms with E-state index in [1.807, 2.05) is 0 Å². The number of carbonyl (C=O) groups excluding carboxylic acids is 4. The number of benzene rings is 2. The number of rotatable bonds is 8. The molecule has 0 bridgehead atoms. The molecule has 0 aromatic heterocycles. The molecule has 2 aromatic carbocycles. The maximum absolute atomic E-state index is 13.2. The van der Waals surface area contributed by atoms with Gasteiger partial charge < -0.3 is 9.64 Å². The molecular weight excluding hydrogens is 391 g/mol. The van der Waals surface area contributed by atoms with Gasteiger partial charge in [0.25, 0.3) is 17.7 Å². The Balaban J connectivity index is 1.39. The van der Waals surface area contributed by atoms with E-state index in [0.717, 1.165) is 4.90 Å². The monoisotopic (exact) mass is 412 g/mol. The minimum Gasteiger partial charge on any atom is -0.456 e. The molecule has 1 heterocycles. The van der Waals surface area contributed by atoms with Crippen molar-refractivity contribution in [1.82, 2.24) is 9.80 Å². The first-order valence-electron chi connectivity index (χ1n) is 9.46. The van der Waals surface area contributed by atoms with Crippen LogP contribution in [0.15, 0.2) is 48.5 Å². The smallest absolute Gasteiger partial charge is 0.306 e. The normalized spacial score (nSPS) is 12.7. The predicted molar refractivity (Wildman–Crippen MR) is 105 cm³/mol. The zero-order valence-corrected chi connectivity index (χ0v) is 16.5. The highest BCUT2D eigenvalue weighted by atomic mass is 19.1. The molecule has 1 aliphatic heterocycles. The van der Waals surface area contributed by atoms with E-state index in [0.29, 0.717) is 16.7 Å². The van der Waals surface area contributed by atoms with Crippen LogP contribution in [0.4, 0.5) is 4.39 Å². The average molecular weight is 412 g/mol. The Morgan fingerprint density at radius 1 is 1.03 bits per heavy atom. The molecule has 0 atom stereocenters. The van der Waals surface area contributed by atoms with Gasteiger partial charge in [0, 0.05) is 26.6 Å². The molecule has 0 spiro atoms. The highest BCUT2D eigenvalue weighted by molar-refractivity contribution is 6.21. The van der Waals surface area contributed by atoms with E-state index in [4.69, 9.17) is 4.74 Å². The molecule has 0 aliphatic carbocycles. The molecular formula is C22H21FN2O5. The number of imide groups is 1. The number of carbonyl (C=O) groups is 4. The number of hydrogen-bond acceptors (Lipinski definition) is 5. The van der Waals surface area contributed by atoms with Gasteiger partial charge >= 0.3 is 5.97 Å². The number of ether oxygens (including phenoxy) is 1. The van der Waals surface area contributed by atoms with Crippen LogP contribution in [-0.2, 0) is 20.9 Å². The van der Waals surface area contributed by atoms with E-state index in [1.54, 1.807) is 36.4 Å². The Morgan fingerprint density at radius 2 is 1.70 bits per heavy atom. The lowest BCUT2D eigenvalue weighted by Crippen LogP contribution is -2.32. The fourth-order valence-electron chi connectivity index (χ4n) is 3.15. The summed E-state index contributed by atoms with van der Waals surface area (Å²) in [6, 6.07) is 12.4. The summed E-state index contributed by atoms with van der Waals surface area (Å²) in [6.07, 6.45) is 0.200. The highest BCUT2D eigenvalue weighted by Gasteiger charge is 2.34. The number of halogens is 1. The zero-order chi connectivity index (χ0) is 21.7. The fourth-order valence-corrected chi connectivity index (χ4v) is 3.15. The number of amides is 3. The van der Waals surface area contributed by atoms with Crippen LogP contribution >= 0.6 is 0 Å². The third-order valence-corrected chi connectivity index (χ3v) is 4.73. The summed E-state index contributed by atoms with van der Waals surface area (Å²) in [5.41, 5.74) is 1.34. The van der Waals surface area contributed by atoms with Crippen molar-refractivity contribution in [3.63, 3.8) is 0 Å². The second-order valence-electron chi connectivity index (χ2n) is 6.95. The van der Waals surface area contributed by atoms with Crippen LogP contribution in [0, 0.1) is 5.82 Å². The maximum atomic E-state index is 13.2. The van der Waals surface area contributed by atoms with Crippen molar-refractivity contribution in [3.05, 3.63) is 71.0 Å². The second-order valence-corrected chi connectivity index (χ2v) is 6.95. The molecule has 2 aromatic rings. The van der Waals surface area contributed by atoms with Crippen molar-refractivity contribution < 1.29 is 28.3 Å². The molecule has 30 heavy (non-hydrogen) atoms. The number of fused-ring (bicyclic) bond motifs is 1. The van der Waals surface area contributed by atoms with Crippen LogP contribution in [0.5, 0.6) is 0 Å². The summed E-state index contributed by atoms with van der Waals surface area (Å²) >= 11 is 0. The Bertz CT molecular complexity index is 956. The standard InChI is InChI=1S/C22H21FN2O5/c1-24(13-15-6-4-7-16(23)12-15)19(26)14-30-20(27)10-5-11-25-21(28)17-8-2-3-9-18(17)22(25)29/h2-4,6-9,12H,5,10-11,13-14H2,1H3. The Morgan fingerprint density at radius 3 is 2.33 bits per heavy atom. The van der Waals surface area contributed by atoms with Crippen LogP contribution in [0.25, 0.3) is 0 Å². The van der Waals surface area contributed by atoms with Gasteiger partial charge in [0.05, 0.1) is 11.1 Å². The molecule has 0 saturated heterocycles. The molecule has 3 rings (SSSR count). The third-order valence-electron chi connectivity index (χ3n) is 4.73. The summed E-state index contributed by atoms with van der Waals surface area (Å²) in [4.78, 5) is 50.9. The van der Waals surface area contributed by atoms with Gasteiger partial charge in [-0.25, -0.2) is 4.39 Å². The summed E-state index contributed by atoms with van der Waals surface area (Å²) in [5.74, 6) is -2.17. The maximum Gasteiger partial charge on any atom is 0.306 e. The third kappa shape index (κ3) is 4.89. The summed E-state index contributed by atoms with van der Waals surface area (Å²) in [5, 5.41) is 0. The van der Waals surface area contributed by atoms with Gasteiger partial charge in [0.2, 0.25) is 0 Å². The van der Waals surface area contributed by atoms with Crippen molar-refractivity contribution in [1.29, 1.82) is 0 Å². The lowest BCUT2D eigenvalue weighted by atomic mass is 10.1. The number of nitrogens with zero attached hydrogens (tertiary/aromatic N) is 2. The largest absolute Gasteiger partial charge is 0.456 e. The minimum atomic E-state index is -0.598. The van der Waals surface area contributed by atoms with E-state index in [1.165, 1.54) is 24.1 Å². The van der Waals surface area contributed by atoms with Gasteiger partial charge in [0.1, 0.15) is 5.82 Å². The van der Waals surface area contributed by atoms with Crippen molar-refractivity contribution in [2.45, 2.75) is 19.4 Å². The average Bonchev–Trinajstić information content (AvgIpc) is 2.97. The van der Waals surface area contributed by atoms with Gasteiger partial charge in [-0.3, -0.25) is 24.1 Å². The van der Waals surface area contributed by atoms with E-state index in [2.05, 4.69) is 0 Å². The highest BCUT2D eigenvalue weighted by Crippen LogP contribution is 2.22. The quantitative estimate of drug-likeness (QED) is 0.491. The van der Waals surface area contributed by atoms with Crippen LogP contribution in [0.1, 0.15) is 39.1 Å². The molecule has 0 fully saturated rings. The first-order chi connectivity index (χ1) is 14.4. The molecule has 7 nitrogen and oxygen atoms in total. The Hall–Kier alpha value is -3.55. The number of hydrogen-bond donors (Lipinski definition) is 0. The summed E-state index contributed by atoms with van der Waals surface area (Å²) in [7, 11) is 1.53. The number of esters is 1. The van der Waals surface area contributed by atoms with Gasteiger partial charge in [-0.2, -0.15) is 0 Å². The first-order valence-corrected chi connectivity index (χ1v) is 9.46. The number of likely N-dealkylation sites (N-methyl/N-ethyl adjacent to an activating group) is 1. The molecule has 156 valence electrons. The fraction of sp³-hybridized carbons (Fsp3) is 0.273. The first kappa shape index (κ1) is 21.2. The van der Waals surface area contributed by atoms with E-state index < -0.39 is 24.3 Å². The Kier molecular flexibility index (Phi) is 6.56. The topological polar surface area (TPSA) is 84.0 Å². The summed E-state index contributed by atoms with van der Waals surface area (Å²) < 4.78 is 18.2. The van der Waals surface area contributed by atoms with Crippen LogP contribution in [0.3, 0.4) is 0 Å². The van der Waals surface area contributed by atoms with Crippen molar-refractivity contribution in [2.24, 2.45) is 0 Å². The van der Waals surface area contributed by atoms with Crippen molar-refractivity contribution in [3.8, 4) is 0 Å². The summed E-state index contributed by atoms with van der Waals surface area (Å²) in [6.45, 7) is -0.152. The predicted octanol–water partition coefficient (Wildman–Crippen LogP) is 2.40. The Labute approximate surface area is 173 Å². The second kappa shape index (κ2) is 9.30. The minimum absolute atomic E-state index is 0.0334. The van der Waals surface area contributed by atoms with Crippen LogP contribution in [0.2, 0.25) is 0 Å². The molecule has 8 heteroatoms. The van der Waals surface area contributed by atoms with Crippen molar-refractivity contribution in [2.75, 3.05) is 20.2 Å². The molecule has 3 amide bonds. The van der Waals surface area contributed by atoms with E-state index in [9.17, 15) is 23.6 Å². The molecule has 0 radical (unpaired) electrons. The van der Waals surface area contributed by atoms with E-state index in [-0.39, 0.29) is 37.7 Å². The van der Waals surface area contributed by atoms with Gasteiger partial charge in [-0.1, -0.05) is 24.3 Å². The molecule has 0 unspecified atom stereocenters. The SMILES string of the molecule is CN(Cc1cccc(F)c1)C(=O)COC(=O)CCCN1C(=O)c2ccccc2C1=O. The molecule has 0 saturated carbocycles. The lowest BCUT2D eigenvalue weighted by molar-refractivity contribution is -0.151. The van der Waals surface area contributed by atoms with Gasteiger partial charge in [0.15, 0.2) is 6.61 Å². The van der Waals surface area contributed by atoms with Gasteiger partial charge in [-0.15, -0.1) is 0 Å². The van der Waals surface area contributed by atoms with E-state index >= 15 is 0 Å². The van der Waals surface area contributed by atoms with Crippen LogP contribution < -0.4 is 0 Å². The van der Waals surface area contributed by atoms with Crippen LogP contribution in [-0.4, -0.2) is 53.7 Å². The molecule has 1 aliphatic rings. The lowest BCUT2D eigenvalue weighted by Gasteiger charge is -2.17. The zero-order valence-electron chi connectivity index (χ0n) is 16.5. The van der Waals surface area contributed by atoms with Crippen molar-refractivity contribution >= 4 is 23.7 Å².